The minimum absolute atomic E-state index is 0.0256. The molecule has 2 unspecified atom stereocenters. The molecule has 0 amide bonds. The zero-order valence-corrected chi connectivity index (χ0v) is 7.88. The van der Waals surface area contributed by atoms with Gasteiger partial charge in [-0.25, -0.2) is 0 Å². The van der Waals surface area contributed by atoms with E-state index in [2.05, 4.69) is 20.8 Å². The van der Waals surface area contributed by atoms with E-state index in [4.69, 9.17) is 5.73 Å². The van der Waals surface area contributed by atoms with Gasteiger partial charge < -0.3 is 10.8 Å². The fourth-order valence-electron chi connectivity index (χ4n) is 1.18. The summed E-state index contributed by atoms with van der Waals surface area (Å²) in [6.45, 7) is 6.28. The molecular formula is C9H21NO. The fraction of sp³-hybridized carbons (Fsp3) is 1.00. The lowest BCUT2D eigenvalue weighted by molar-refractivity contribution is 0.117. The third-order valence-corrected chi connectivity index (χ3v) is 1.83. The molecule has 2 nitrogen and oxygen atoms in total. The molecule has 0 aromatic heterocycles. The van der Waals surface area contributed by atoms with Gasteiger partial charge in [0, 0.05) is 6.04 Å². The summed E-state index contributed by atoms with van der Waals surface area (Å²) in [4.78, 5) is 0. The smallest absolute Gasteiger partial charge is 0.0693 e. The van der Waals surface area contributed by atoms with Crippen molar-refractivity contribution in [3.8, 4) is 0 Å². The van der Waals surface area contributed by atoms with Gasteiger partial charge in [-0.15, -0.1) is 0 Å². The summed E-state index contributed by atoms with van der Waals surface area (Å²) < 4.78 is 0. The average molecular weight is 159 g/mol. The molecule has 0 aromatic carbocycles. The Morgan fingerprint density at radius 1 is 1.36 bits per heavy atom. The van der Waals surface area contributed by atoms with Gasteiger partial charge in [-0.1, -0.05) is 27.2 Å². The number of hydrogen-bond acceptors (Lipinski definition) is 2. The molecule has 2 heteroatoms. The van der Waals surface area contributed by atoms with Crippen molar-refractivity contribution in [2.75, 3.05) is 0 Å². The Kier molecular flexibility index (Phi) is 5.51. The lowest BCUT2D eigenvalue weighted by Crippen LogP contribution is -2.35. The van der Waals surface area contributed by atoms with E-state index >= 15 is 0 Å². The van der Waals surface area contributed by atoms with E-state index in [0.29, 0.717) is 5.92 Å². The molecule has 0 aliphatic carbocycles. The number of aliphatic hydroxyl groups excluding tert-OH is 1. The number of rotatable bonds is 5. The van der Waals surface area contributed by atoms with E-state index in [-0.39, 0.29) is 12.1 Å². The Labute approximate surface area is 69.8 Å². The molecule has 0 spiro atoms. The van der Waals surface area contributed by atoms with E-state index in [1.807, 2.05) is 0 Å². The summed E-state index contributed by atoms with van der Waals surface area (Å²) in [5, 5.41) is 9.49. The van der Waals surface area contributed by atoms with Crippen LogP contribution in [0.3, 0.4) is 0 Å². The molecule has 3 N–H and O–H groups in total. The van der Waals surface area contributed by atoms with Crippen molar-refractivity contribution < 1.29 is 5.11 Å². The van der Waals surface area contributed by atoms with Crippen LogP contribution in [0.1, 0.15) is 40.0 Å². The molecule has 0 aliphatic rings. The maximum atomic E-state index is 9.49. The Morgan fingerprint density at radius 2 is 1.91 bits per heavy atom. The van der Waals surface area contributed by atoms with E-state index < -0.39 is 0 Å². The molecule has 0 fully saturated rings. The Bertz CT molecular complexity index is 93.6. The minimum Gasteiger partial charge on any atom is -0.392 e. The molecule has 0 bridgehead atoms. The SMILES string of the molecule is CCCC(N)C(O)CC(C)C. The van der Waals surface area contributed by atoms with E-state index in [1.54, 1.807) is 0 Å². The lowest BCUT2D eigenvalue weighted by Gasteiger charge is -2.19. The molecule has 0 radical (unpaired) electrons. The molecule has 0 rings (SSSR count). The largest absolute Gasteiger partial charge is 0.392 e. The highest BCUT2D eigenvalue weighted by Gasteiger charge is 2.14. The third kappa shape index (κ3) is 5.22. The molecule has 0 heterocycles. The summed E-state index contributed by atoms with van der Waals surface area (Å²) >= 11 is 0. The standard InChI is InChI=1S/C9H21NO/c1-4-5-8(10)9(11)6-7(2)3/h7-9,11H,4-6,10H2,1-3H3. The first-order chi connectivity index (χ1) is 5.07. The first-order valence-corrected chi connectivity index (χ1v) is 4.51. The molecule has 68 valence electrons. The molecular weight excluding hydrogens is 138 g/mol. The van der Waals surface area contributed by atoms with Crippen LogP contribution >= 0.6 is 0 Å². The van der Waals surface area contributed by atoms with Gasteiger partial charge >= 0.3 is 0 Å². The van der Waals surface area contributed by atoms with Crippen molar-refractivity contribution in [2.45, 2.75) is 52.2 Å². The van der Waals surface area contributed by atoms with Crippen molar-refractivity contribution in [3.05, 3.63) is 0 Å². The van der Waals surface area contributed by atoms with Crippen LogP contribution in [0, 0.1) is 5.92 Å². The van der Waals surface area contributed by atoms with Gasteiger partial charge in [0.25, 0.3) is 0 Å². The zero-order chi connectivity index (χ0) is 8.85. The van der Waals surface area contributed by atoms with Gasteiger partial charge in [-0.3, -0.25) is 0 Å². The van der Waals surface area contributed by atoms with Gasteiger partial charge in [0.2, 0.25) is 0 Å². The topological polar surface area (TPSA) is 46.2 Å². The van der Waals surface area contributed by atoms with Crippen LogP contribution in [-0.2, 0) is 0 Å². The quantitative estimate of drug-likeness (QED) is 0.639. The predicted octanol–water partition coefficient (Wildman–Crippen LogP) is 1.52. The number of nitrogens with two attached hydrogens (primary N) is 1. The summed E-state index contributed by atoms with van der Waals surface area (Å²) in [5.41, 5.74) is 5.73. The molecule has 2 atom stereocenters. The summed E-state index contributed by atoms with van der Waals surface area (Å²) in [6, 6.07) is -0.0256. The maximum absolute atomic E-state index is 9.49. The van der Waals surface area contributed by atoms with Gasteiger partial charge in [0.1, 0.15) is 0 Å². The second kappa shape index (κ2) is 5.56. The van der Waals surface area contributed by atoms with Crippen molar-refractivity contribution in [1.82, 2.24) is 0 Å². The van der Waals surface area contributed by atoms with Crippen LogP contribution in [-0.4, -0.2) is 17.3 Å². The normalized spacial score (nSPS) is 16.9. The fourth-order valence-corrected chi connectivity index (χ4v) is 1.18. The zero-order valence-electron chi connectivity index (χ0n) is 7.88. The van der Waals surface area contributed by atoms with Crippen molar-refractivity contribution in [3.63, 3.8) is 0 Å². The van der Waals surface area contributed by atoms with E-state index in [1.165, 1.54) is 0 Å². The van der Waals surface area contributed by atoms with Crippen molar-refractivity contribution in [2.24, 2.45) is 11.7 Å². The number of hydrogen-bond donors (Lipinski definition) is 2. The van der Waals surface area contributed by atoms with Crippen LogP contribution < -0.4 is 5.73 Å². The molecule has 0 aromatic rings. The van der Waals surface area contributed by atoms with E-state index in [9.17, 15) is 5.11 Å². The van der Waals surface area contributed by atoms with Gasteiger partial charge in [-0.2, -0.15) is 0 Å². The highest BCUT2D eigenvalue weighted by atomic mass is 16.3. The van der Waals surface area contributed by atoms with Crippen LogP contribution in [0.5, 0.6) is 0 Å². The Balaban J connectivity index is 3.54. The minimum atomic E-state index is -0.310. The summed E-state index contributed by atoms with van der Waals surface area (Å²) in [7, 11) is 0. The van der Waals surface area contributed by atoms with Crippen molar-refractivity contribution in [1.29, 1.82) is 0 Å². The van der Waals surface area contributed by atoms with Gasteiger partial charge in [0.15, 0.2) is 0 Å². The number of aliphatic hydroxyl groups is 1. The highest BCUT2D eigenvalue weighted by molar-refractivity contribution is 4.71. The maximum Gasteiger partial charge on any atom is 0.0693 e. The van der Waals surface area contributed by atoms with Crippen molar-refractivity contribution >= 4 is 0 Å². The molecule has 0 aliphatic heterocycles. The molecule has 0 saturated carbocycles. The van der Waals surface area contributed by atoms with Gasteiger partial charge in [-0.05, 0) is 18.8 Å². The van der Waals surface area contributed by atoms with E-state index in [0.717, 1.165) is 19.3 Å². The monoisotopic (exact) mass is 159 g/mol. The highest BCUT2D eigenvalue weighted by Crippen LogP contribution is 2.09. The second-order valence-corrected chi connectivity index (χ2v) is 3.65. The Morgan fingerprint density at radius 3 is 2.27 bits per heavy atom. The predicted molar refractivity (Wildman–Crippen MR) is 48.3 cm³/mol. The third-order valence-electron chi connectivity index (χ3n) is 1.83. The van der Waals surface area contributed by atoms with Crippen LogP contribution in [0.15, 0.2) is 0 Å². The lowest BCUT2D eigenvalue weighted by atomic mass is 9.98. The van der Waals surface area contributed by atoms with Crippen LogP contribution in [0.2, 0.25) is 0 Å². The first kappa shape index (κ1) is 10.9. The van der Waals surface area contributed by atoms with Crippen LogP contribution in [0.4, 0.5) is 0 Å². The Hall–Kier alpha value is -0.0800. The second-order valence-electron chi connectivity index (χ2n) is 3.65. The average Bonchev–Trinajstić information content (AvgIpc) is 1.86. The first-order valence-electron chi connectivity index (χ1n) is 4.51. The summed E-state index contributed by atoms with van der Waals surface area (Å²) in [6.07, 6.45) is 2.49. The molecule has 11 heavy (non-hydrogen) atoms. The molecule has 0 saturated heterocycles. The van der Waals surface area contributed by atoms with Crippen LogP contribution in [0.25, 0.3) is 0 Å². The van der Waals surface area contributed by atoms with Gasteiger partial charge in [0.05, 0.1) is 6.10 Å². The summed E-state index contributed by atoms with van der Waals surface area (Å²) in [5.74, 6) is 0.535.